The molecule has 1 fully saturated rings. The van der Waals surface area contributed by atoms with Crippen molar-refractivity contribution in [3.05, 3.63) is 0 Å². The molecule has 5 nitrogen and oxygen atoms in total. The van der Waals surface area contributed by atoms with E-state index in [0.29, 0.717) is 13.1 Å². The highest BCUT2D eigenvalue weighted by Crippen LogP contribution is 2.09. The molecular weight excluding hydrogens is 216 g/mol. The van der Waals surface area contributed by atoms with Crippen LogP contribution in [0, 0.1) is 0 Å². The van der Waals surface area contributed by atoms with Gasteiger partial charge < -0.3 is 10.6 Å². The molecule has 0 aliphatic carbocycles. The molecule has 0 aromatic carbocycles. The second kappa shape index (κ2) is 4.94. The minimum absolute atomic E-state index is 0.0611. The van der Waals surface area contributed by atoms with E-state index in [0.717, 1.165) is 19.1 Å². The molecule has 0 atom stereocenters. The maximum absolute atomic E-state index is 11.6. The van der Waals surface area contributed by atoms with Crippen molar-refractivity contribution in [1.82, 2.24) is 4.90 Å². The molecule has 1 aliphatic heterocycles. The first-order valence-electron chi connectivity index (χ1n) is 5.09. The molecule has 0 radical (unpaired) electrons. The zero-order valence-corrected chi connectivity index (χ0v) is 9.79. The summed E-state index contributed by atoms with van der Waals surface area (Å²) in [6.45, 7) is 1.31. The van der Waals surface area contributed by atoms with Gasteiger partial charge in [0.25, 0.3) is 0 Å². The second-order valence-electron chi connectivity index (χ2n) is 4.10. The van der Waals surface area contributed by atoms with E-state index < -0.39 is 9.84 Å². The fourth-order valence-corrected chi connectivity index (χ4v) is 2.13. The van der Waals surface area contributed by atoms with Gasteiger partial charge >= 0.3 is 0 Å². The summed E-state index contributed by atoms with van der Waals surface area (Å²) in [7, 11) is -3.04. The molecule has 0 aromatic heterocycles. The summed E-state index contributed by atoms with van der Waals surface area (Å²) in [5.41, 5.74) is 5.71. The quantitative estimate of drug-likeness (QED) is 0.705. The molecule has 1 saturated heterocycles. The largest absolute Gasteiger partial charge is 0.343 e. The van der Waals surface area contributed by atoms with Gasteiger partial charge in [-0.25, -0.2) is 8.42 Å². The van der Waals surface area contributed by atoms with E-state index in [1.807, 2.05) is 0 Å². The Labute approximate surface area is 90.5 Å². The maximum Gasteiger partial charge on any atom is 0.223 e. The number of amides is 1. The van der Waals surface area contributed by atoms with Gasteiger partial charge in [0, 0.05) is 31.8 Å². The molecule has 15 heavy (non-hydrogen) atoms. The number of hydrogen-bond acceptors (Lipinski definition) is 4. The molecule has 0 saturated carbocycles. The van der Waals surface area contributed by atoms with Crippen molar-refractivity contribution in [3.63, 3.8) is 0 Å². The van der Waals surface area contributed by atoms with Crippen molar-refractivity contribution in [1.29, 1.82) is 0 Å². The van der Waals surface area contributed by atoms with E-state index in [1.165, 1.54) is 0 Å². The van der Waals surface area contributed by atoms with Crippen LogP contribution >= 0.6 is 0 Å². The summed E-state index contributed by atoms with van der Waals surface area (Å²) in [5, 5.41) is 0. The van der Waals surface area contributed by atoms with Crippen LogP contribution in [0.5, 0.6) is 0 Å². The maximum atomic E-state index is 11.6. The van der Waals surface area contributed by atoms with Gasteiger partial charge in [0.2, 0.25) is 5.91 Å². The monoisotopic (exact) mass is 234 g/mol. The lowest BCUT2D eigenvalue weighted by Crippen LogP contribution is -2.43. The highest BCUT2D eigenvalue weighted by Gasteiger charge is 2.20. The van der Waals surface area contributed by atoms with Gasteiger partial charge in [-0.05, 0) is 12.8 Å². The molecule has 0 spiro atoms. The van der Waals surface area contributed by atoms with Crippen molar-refractivity contribution in [2.24, 2.45) is 5.73 Å². The molecule has 0 bridgehead atoms. The van der Waals surface area contributed by atoms with Crippen LogP contribution in [0.2, 0.25) is 0 Å². The number of hydrogen-bond donors (Lipinski definition) is 1. The Morgan fingerprint density at radius 3 is 2.40 bits per heavy atom. The lowest BCUT2D eigenvalue weighted by Gasteiger charge is -2.30. The Morgan fingerprint density at radius 1 is 1.40 bits per heavy atom. The molecule has 2 N–H and O–H groups in total. The first-order chi connectivity index (χ1) is 6.88. The van der Waals surface area contributed by atoms with Gasteiger partial charge in [-0.2, -0.15) is 0 Å². The van der Waals surface area contributed by atoms with Crippen LogP contribution < -0.4 is 5.73 Å². The van der Waals surface area contributed by atoms with Gasteiger partial charge in [-0.15, -0.1) is 0 Å². The van der Waals surface area contributed by atoms with Gasteiger partial charge in [-0.3, -0.25) is 4.79 Å². The van der Waals surface area contributed by atoms with Gasteiger partial charge in [0.15, 0.2) is 0 Å². The number of carbonyl (C=O) groups excluding carboxylic acids is 1. The Kier molecular flexibility index (Phi) is 4.10. The van der Waals surface area contributed by atoms with Crippen LogP contribution in [-0.2, 0) is 14.6 Å². The summed E-state index contributed by atoms with van der Waals surface area (Å²) in [6.07, 6.45) is 2.86. The summed E-state index contributed by atoms with van der Waals surface area (Å²) < 4.78 is 21.8. The van der Waals surface area contributed by atoms with E-state index in [1.54, 1.807) is 4.90 Å². The molecule has 0 aromatic rings. The van der Waals surface area contributed by atoms with E-state index in [-0.39, 0.29) is 24.1 Å². The third kappa shape index (κ3) is 4.61. The zero-order valence-electron chi connectivity index (χ0n) is 8.98. The summed E-state index contributed by atoms with van der Waals surface area (Å²) in [4.78, 5) is 13.3. The number of carbonyl (C=O) groups is 1. The van der Waals surface area contributed by atoms with Crippen molar-refractivity contribution in [3.8, 4) is 0 Å². The van der Waals surface area contributed by atoms with E-state index >= 15 is 0 Å². The third-order valence-electron chi connectivity index (χ3n) is 2.58. The molecule has 1 amide bonds. The lowest BCUT2D eigenvalue weighted by atomic mass is 10.1. The van der Waals surface area contributed by atoms with Crippen LogP contribution in [-0.4, -0.2) is 50.4 Å². The number of rotatable bonds is 3. The van der Waals surface area contributed by atoms with E-state index in [2.05, 4.69) is 0 Å². The topological polar surface area (TPSA) is 80.5 Å². The lowest BCUT2D eigenvalue weighted by molar-refractivity contribution is -0.131. The van der Waals surface area contributed by atoms with Crippen molar-refractivity contribution in [2.45, 2.75) is 25.3 Å². The average molecular weight is 234 g/mol. The van der Waals surface area contributed by atoms with Crippen LogP contribution in [0.15, 0.2) is 0 Å². The zero-order chi connectivity index (χ0) is 11.5. The van der Waals surface area contributed by atoms with Crippen molar-refractivity contribution >= 4 is 15.7 Å². The number of piperidine rings is 1. The number of likely N-dealkylation sites (tertiary alicyclic amines) is 1. The molecule has 1 rings (SSSR count). The molecular formula is C9H18N2O3S. The van der Waals surface area contributed by atoms with E-state index in [9.17, 15) is 13.2 Å². The number of nitrogens with two attached hydrogens (primary N) is 1. The molecule has 1 aliphatic rings. The van der Waals surface area contributed by atoms with Crippen LogP contribution in [0.25, 0.3) is 0 Å². The standard InChI is InChI=1S/C9H18N2O3S/c1-15(13,14)7-4-9(12)11-5-2-8(10)3-6-11/h8H,2-7,10H2,1H3. The predicted octanol–water partition coefficient (Wildman–Crippen LogP) is -0.629. The molecule has 0 unspecified atom stereocenters. The second-order valence-corrected chi connectivity index (χ2v) is 6.36. The van der Waals surface area contributed by atoms with Crippen LogP contribution in [0.1, 0.15) is 19.3 Å². The number of sulfone groups is 1. The van der Waals surface area contributed by atoms with Gasteiger partial charge in [0.05, 0.1) is 5.75 Å². The number of nitrogens with zero attached hydrogens (tertiary/aromatic N) is 1. The Hall–Kier alpha value is -0.620. The average Bonchev–Trinajstić information content (AvgIpc) is 2.14. The van der Waals surface area contributed by atoms with Crippen molar-refractivity contribution in [2.75, 3.05) is 25.1 Å². The summed E-state index contributed by atoms with van der Waals surface area (Å²) >= 11 is 0. The Morgan fingerprint density at radius 2 is 1.93 bits per heavy atom. The fraction of sp³-hybridized carbons (Fsp3) is 0.889. The van der Waals surface area contributed by atoms with Crippen LogP contribution in [0.3, 0.4) is 0 Å². The SMILES string of the molecule is CS(=O)(=O)CCC(=O)N1CCC(N)CC1. The van der Waals surface area contributed by atoms with Crippen LogP contribution in [0.4, 0.5) is 0 Å². The Bertz CT molecular complexity index is 318. The highest BCUT2D eigenvalue weighted by atomic mass is 32.2. The fourth-order valence-electron chi connectivity index (χ4n) is 1.58. The summed E-state index contributed by atoms with van der Waals surface area (Å²) in [5.74, 6) is -0.138. The van der Waals surface area contributed by atoms with Crippen molar-refractivity contribution < 1.29 is 13.2 Å². The third-order valence-corrected chi connectivity index (χ3v) is 3.52. The summed E-state index contributed by atoms with van der Waals surface area (Å²) in [6, 6.07) is 0.184. The predicted molar refractivity (Wildman–Crippen MR) is 58.1 cm³/mol. The van der Waals surface area contributed by atoms with Gasteiger partial charge in [-0.1, -0.05) is 0 Å². The normalized spacial score (nSPS) is 19.2. The first-order valence-corrected chi connectivity index (χ1v) is 7.15. The Balaban J connectivity index is 2.35. The highest BCUT2D eigenvalue weighted by molar-refractivity contribution is 7.90. The first kappa shape index (κ1) is 12.4. The smallest absolute Gasteiger partial charge is 0.223 e. The van der Waals surface area contributed by atoms with E-state index in [4.69, 9.17) is 5.73 Å². The minimum atomic E-state index is -3.04. The minimum Gasteiger partial charge on any atom is -0.343 e. The molecule has 88 valence electrons. The molecule has 1 heterocycles. The van der Waals surface area contributed by atoms with Gasteiger partial charge in [0.1, 0.15) is 9.84 Å². The molecule has 6 heteroatoms.